The van der Waals surface area contributed by atoms with Gasteiger partial charge in [0.25, 0.3) is 11.4 Å². The number of rotatable bonds is 10. The molecule has 25 heteroatoms. The van der Waals surface area contributed by atoms with Crippen molar-refractivity contribution in [3.05, 3.63) is 104 Å². The number of phenolic OH excluding ortho intramolecular Hbond substituents is 3. The summed E-state index contributed by atoms with van der Waals surface area (Å²) in [7, 11) is 0. The summed E-state index contributed by atoms with van der Waals surface area (Å²) in [6.07, 6.45) is -7.30. The van der Waals surface area contributed by atoms with Crippen molar-refractivity contribution in [2.24, 2.45) is 17.3 Å². The molecule has 16 N–H and O–H groups in total. The van der Waals surface area contributed by atoms with Gasteiger partial charge in [-0.15, -0.1) is 0 Å². The lowest BCUT2D eigenvalue weighted by molar-refractivity contribution is -0.435. The highest BCUT2D eigenvalue weighted by Crippen LogP contribution is 2.63. The fourth-order valence-electron chi connectivity index (χ4n) is 14.2. The molecule has 2 aromatic heterocycles. The van der Waals surface area contributed by atoms with Crippen LogP contribution in [-0.2, 0) is 41.4 Å². The number of carbonyl (C=O) groups excluding carboxylic acids is 2. The lowest BCUT2D eigenvalue weighted by Gasteiger charge is -2.62. The van der Waals surface area contributed by atoms with Crippen molar-refractivity contribution in [2.45, 2.75) is 142 Å². The van der Waals surface area contributed by atoms with Crippen LogP contribution in [0.5, 0.6) is 23.0 Å². The number of H-pyrrole nitrogens is 1. The first-order chi connectivity index (χ1) is 40.9. The average Bonchev–Trinajstić information content (AvgIpc) is 1.22. The molecule has 9 heterocycles. The van der Waals surface area contributed by atoms with E-state index in [9.17, 15) is 80.8 Å². The molecule has 1 unspecified atom stereocenters. The Bertz CT molecular complexity index is 3800. The second-order valence-corrected chi connectivity index (χ2v) is 23.6. The monoisotopic (exact) mass is 1190 g/mol. The van der Waals surface area contributed by atoms with E-state index in [1.807, 2.05) is 13.0 Å². The van der Waals surface area contributed by atoms with Gasteiger partial charge in [0.15, 0.2) is 34.7 Å². The number of aldehydes is 1. The summed E-state index contributed by atoms with van der Waals surface area (Å²) in [5.41, 5.74) is -12.2. The predicted octanol–water partition coefficient (Wildman–Crippen LogP) is -0.212. The number of aromatic amines is 1. The van der Waals surface area contributed by atoms with Gasteiger partial charge >= 0.3 is 11.9 Å². The number of ether oxygens (including phenoxy) is 4. The molecule has 9 aliphatic rings. The third-order valence-corrected chi connectivity index (χ3v) is 18.8. The topological polar surface area (TPSA) is 421 Å². The van der Waals surface area contributed by atoms with Gasteiger partial charge in [0.2, 0.25) is 17.2 Å². The van der Waals surface area contributed by atoms with Crippen LogP contribution in [0.1, 0.15) is 86.6 Å². The van der Waals surface area contributed by atoms with E-state index in [2.05, 4.69) is 39.3 Å². The van der Waals surface area contributed by atoms with Crippen LogP contribution in [0.2, 0.25) is 0 Å². The molecule has 2 aromatic carbocycles. The maximum absolute atomic E-state index is 16.5. The van der Waals surface area contributed by atoms with Gasteiger partial charge in [-0.1, -0.05) is 49.7 Å². The number of nitrogens with one attached hydrogen (secondary N) is 3. The number of aliphatic hydroxyl groups excluding tert-OH is 6. The molecule has 1 saturated carbocycles. The minimum Gasteiger partial charge on any atom is -0.507 e. The molecule has 4 aromatic rings. The molecule has 86 heavy (non-hydrogen) atoms. The van der Waals surface area contributed by atoms with Crippen LogP contribution in [0, 0.1) is 40.9 Å². The van der Waals surface area contributed by atoms with Gasteiger partial charge in [0.05, 0.1) is 18.0 Å². The Balaban J connectivity index is 1.17. The fraction of sp³-hybridized carbons (Fsp3) is 0.475. The van der Waals surface area contributed by atoms with E-state index >= 15 is 4.79 Å². The minimum absolute atomic E-state index is 0.0162. The fourth-order valence-corrected chi connectivity index (χ4v) is 14.2. The number of dihydropyridines is 1. The molecule has 13 rings (SSSR count). The second kappa shape index (κ2) is 20.8. The van der Waals surface area contributed by atoms with Crippen molar-refractivity contribution in [3.8, 4) is 58.0 Å². The van der Waals surface area contributed by atoms with Gasteiger partial charge in [0.1, 0.15) is 46.7 Å². The number of allylic oxidation sites excluding steroid dienone is 3. The van der Waals surface area contributed by atoms with Crippen LogP contribution in [0.15, 0.2) is 80.8 Å². The Kier molecular flexibility index (Phi) is 14.2. The van der Waals surface area contributed by atoms with Gasteiger partial charge in [0, 0.05) is 96.4 Å². The molecule has 4 bridgehead atoms. The Morgan fingerprint density at radius 3 is 2.42 bits per heavy atom. The average molecular weight is 1190 g/mol. The van der Waals surface area contributed by atoms with E-state index < -0.39 is 166 Å². The zero-order chi connectivity index (χ0) is 61.3. The van der Waals surface area contributed by atoms with Gasteiger partial charge in [-0.25, -0.2) is 9.59 Å². The standard InChI is InChI=1S/C61H63N3O22/c1-29-6-15-63-52-36(29)20-34(27-64-52)37-22-35-23-38-31(7-16-62-38)5-14-55(10-2-3-11-55)60(79)50(74)49(73)59(35,83-43-25-42-45(47(71)44(37)43)39(68)24-41(82-42)33-19-32(9-18-66)46(70)40(69)21-33)86-57(60)13-4-12-56(53(76)77)61(80,81)51(75)48(72)58(85-56,84-54(57)78)26-30(28-67)8-17-65/h7,16-17,19-22,24-25,27,29-30,37,48-52,62-64,66-67,69-75,79-81H,2-3,6,8-11,13,15,18,23,26,28H2,1H3,(H,76,77)/t29-,30+,37-,48+,49+,50+,51+,52?,56+,57+,58-,59-,60+/m0/s1. The summed E-state index contributed by atoms with van der Waals surface area (Å²) in [5.74, 6) is -9.35. The number of carboxylic acids is 1. The second-order valence-electron chi connectivity index (χ2n) is 23.6. The lowest BCUT2D eigenvalue weighted by Crippen LogP contribution is -2.84. The summed E-state index contributed by atoms with van der Waals surface area (Å²) in [5, 5.41) is 160. The highest BCUT2D eigenvalue weighted by atomic mass is 16.8. The number of carboxylic acid groups (broad SMARTS) is 1. The Hall–Kier alpha value is -7.60. The normalized spacial score (nSPS) is 34.0. The molecule has 25 nitrogen and oxygen atoms in total. The number of hydrogen-bond acceptors (Lipinski definition) is 23. The summed E-state index contributed by atoms with van der Waals surface area (Å²) in [4.78, 5) is 60.0. The maximum Gasteiger partial charge on any atom is 0.354 e. The van der Waals surface area contributed by atoms with Crippen LogP contribution < -0.4 is 20.8 Å². The van der Waals surface area contributed by atoms with Gasteiger partial charge in [-0.05, 0) is 79.3 Å². The van der Waals surface area contributed by atoms with Gasteiger partial charge in [-0.3, -0.25) is 10.1 Å². The van der Waals surface area contributed by atoms with Crippen molar-refractivity contribution in [3.63, 3.8) is 0 Å². The van der Waals surface area contributed by atoms with Crippen LogP contribution in [0.25, 0.3) is 22.3 Å². The van der Waals surface area contributed by atoms with Gasteiger partial charge < -0.3 is 105 Å². The summed E-state index contributed by atoms with van der Waals surface area (Å²) in [6.45, 7) is 1.28. The molecule has 0 amide bonds. The third kappa shape index (κ3) is 8.33. The number of piperidine rings is 1. The van der Waals surface area contributed by atoms with Crippen molar-refractivity contribution >= 4 is 29.2 Å². The number of hydrogen-bond donors (Lipinski definition) is 16. The Morgan fingerprint density at radius 1 is 0.930 bits per heavy atom. The summed E-state index contributed by atoms with van der Waals surface area (Å²) in [6, 6.07) is 6.25. The summed E-state index contributed by atoms with van der Waals surface area (Å²) < 4.78 is 32.9. The Morgan fingerprint density at radius 2 is 1.70 bits per heavy atom. The molecule has 2 aliphatic carbocycles. The number of aromatic nitrogens is 1. The van der Waals surface area contributed by atoms with Crippen LogP contribution >= 0.6 is 0 Å². The predicted molar refractivity (Wildman–Crippen MR) is 294 cm³/mol. The number of phenols is 3. The highest BCUT2D eigenvalue weighted by molar-refractivity contribution is 5.90. The molecule has 4 fully saturated rings. The third-order valence-electron chi connectivity index (χ3n) is 18.8. The first-order valence-corrected chi connectivity index (χ1v) is 28.2. The number of aliphatic hydroxyl groups is 9. The minimum atomic E-state index is -4.07. The van der Waals surface area contributed by atoms with Crippen molar-refractivity contribution in [2.75, 3.05) is 19.8 Å². The molecule has 3 saturated heterocycles. The number of esters is 1. The van der Waals surface area contributed by atoms with Crippen LogP contribution in [-0.4, -0.2) is 174 Å². The maximum atomic E-state index is 16.5. The molecule has 454 valence electrons. The molecule has 3 spiro atoms. The summed E-state index contributed by atoms with van der Waals surface area (Å²) >= 11 is 0. The van der Waals surface area contributed by atoms with Crippen LogP contribution in [0.3, 0.4) is 0 Å². The largest absolute Gasteiger partial charge is 0.507 e. The van der Waals surface area contributed by atoms with Crippen molar-refractivity contribution in [1.29, 1.82) is 0 Å². The number of aliphatic carboxylic acids is 1. The van der Waals surface area contributed by atoms with Crippen LogP contribution in [0.4, 0.5) is 0 Å². The number of carbonyl (C=O) groups is 3. The van der Waals surface area contributed by atoms with Gasteiger partial charge in [-0.2, -0.15) is 0 Å². The highest BCUT2D eigenvalue weighted by Gasteiger charge is 2.82. The quantitative estimate of drug-likeness (QED) is 0.0244. The van der Waals surface area contributed by atoms with Crippen molar-refractivity contribution < 1.29 is 104 Å². The smallest absolute Gasteiger partial charge is 0.354 e. The molecule has 7 aliphatic heterocycles. The molecule has 0 radical (unpaired) electrons. The van der Waals surface area contributed by atoms with E-state index in [1.165, 1.54) is 12.1 Å². The molecular formula is C61H63N3O22. The van der Waals surface area contributed by atoms with E-state index in [4.69, 9.17) is 23.4 Å². The van der Waals surface area contributed by atoms with E-state index in [-0.39, 0.29) is 72.2 Å². The number of fused-ring (bicyclic) bond motifs is 6. The first kappa shape index (κ1) is 58.8. The zero-order valence-corrected chi connectivity index (χ0v) is 46.1. The zero-order valence-electron chi connectivity index (χ0n) is 46.1. The van der Waals surface area contributed by atoms with E-state index in [0.717, 1.165) is 30.2 Å². The SMILES string of the molecule is C[C@H]1CCNC2NC=C([C@@H]3C=C4Cc5[nH]ccc5C#CC5(CCCC5)[C@]5(O)[C@H](O)[C@@H](O)[C@@]4(Oc4cc6oc(-c7cc(O)c(O)c(CCO)c7)cc(=O)c6c(O)c43)O[C@@]53CC#C[C@]4(C(=O)O)O[C@](C[C@H](CO)CC=O)(OC3=O)[C@H](O)[C@@H](O)C4(O)O)C=C21. The molecular weight excluding hydrogens is 1130 g/mol. The first-order valence-electron chi connectivity index (χ1n) is 28.2. The molecule has 13 atom stereocenters. The van der Waals surface area contributed by atoms with E-state index in [1.54, 1.807) is 18.5 Å². The Labute approximate surface area is 488 Å². The number of benzene rings is 2. The number of aromatic hydroxyl groups is 3. The van der Waals surface area contributed by atoms with Crippen molar-refractivity contribution in [1.82, 2.24) is 15.6 Å². The lowest BCUT2D eigenvalue weighted by atomic mass is 9.55. The van der Waals surface area contributed by atoms with E-state index in [0.29, 0.717) is 29.7 Å².